The van der Waals surface area contributed by atoms with Crippen LogP contribution in [0.4, 0.5) is 0 Å². The second-order valence-electron chi connectivity index (χ2n) is 4.42. The lowest BCUT2D eigenvalue weighted by molar-refractivity contribution is 0.579. The van der Waals surface area contributed by atoms with Gasteiger partial charge < -0.3 is 5.32 Å². The lowest BCUT2D eigenvalue weighted by atomic mass is 10.0. The Balaban J connectivity index is 2.22. The predicted octanol–water partition coefficient (Wildman–Crippen LogP) is 1.88. The smallest absolute Gasteiger partial charge is 0.0669 e. The van der Waals surface area contributed by atoms with E-state index in [1.807, 2.05) is 37.1 Å². The zero-order valence-corrected chi connectivity index (χ0v) is 11.2. The number of likely N-dealkylation sites (N-methyl/N-ethyl adjacent to an activating group) is 1. The summed E-state index contributed by atoms with van der Waals surface area (Å²) in [4.78, 5) is 4.39. The molecule has 4 heteroatoms. The fraction of sp³-hybridized carbons (Fsp3) is 0.429. The summed E-state index contributed by atoms with van der Waals surface area (Å²) in [5, 5.41) is 7.86. The quantitative estimate of drug-likeness (QED) is 0.873. The van der Waals surface area contributed by atoms with Crippen LogP contribution in [0.15, 0.2) is 30.6 Å². The maximum Gasteiger partial charge on any atom is 0.0669 e. The van der Waals surface area contributed by atoms with Gasteiger partial charge in [-0.3, -0.25) is 9.67 Å². The van der Waals surface area contributed by atoms with Gasteiger partial charge in [0.2, 0.25) is 0 Å². The van der Waals surface area contributed by atoms with Crippen molar-refractivity contribution in [2.45, 2.75) is 25.8 Å². The van der Waals surface area contributed by atoms with Crippen molar-refractivity contribution >= 4 is 0 Å². The van der Waals surface area contributed by atoms with Gasteiger partial charge in [0, 0.05) is 43.2 Å². The summed E-state index contributed by atoms with van der Waals surface area (Å²) in [6.45, 7) is 2.14. The van der Waals surface area contributed by atoms with Crippen LogP contribution in [0.25, 0.3) is 0 Å². The average molecular weight is 244 g/mol. The van der Waals surface area contributed by atoms with Gasteiger partial charge in [-0.05, 0) is 25.6 Å². The summed E-state index contributed by atoms with van der Waals surface area (Å²) in [7, 11) is 3.95. The topological polar surface area (TPSA) is 42.7 Å². The van der Waals surface area contributed by atoms with E-state index >= 15 is 0 Å². The summed E-state index contributed by atoms with van der Waals surface area (Å²) in [5.41, 5.74) is 3.53. The maximum atomic E-state index is 4.50. The maximum absolute atomic E-state index is 4.50. The van der Waals surface area contributed by atoms with Crippen LogP contribution in [-0.2, 0) is 19.9 Å². The van der Waals surface area contributed by atoms with Gasteiger partial charge in [-0.1, -0.05) is 13.0 Å². The van der Waals surface area contributed by atoms with Gasteiger partial charge in [-0.2, -0.15) is 5.10 Å². The monoisotopic (exact) mass is 244 g/mol. The van der Waals surface area contributed by atoms with Crippen molar-refractivity contribution < 1.29 is 0 Å². The van der Waals surface area contributed by atoms with Gasteiger partial charge in [-0.25, -0.2) is 0 Å². The highest BCUT2D eigenvalue weighted by Gasteiger charge is 2.16. The highest BCUT2D eigenvalue weighted by molar-refractivity contribution is 5.23. The Bertz CT molecular complexity index is 490. The van der Waals surface area contributed by atoms with E-state index in [9.17, 15) is 0 Å². The number of nitrogens with zero attached hydrogens (tertiary/aromatic N) is 3. The average Bonchev–Trinajstić information content (AvgIpc) is 2.78. The molecule has 1 N–H and O–H groups in total. The first-order chi connectivity index (χ1) is 8.74. The molecule has 0 aliphatic rings. The van der Waals surface area contributed by atoms with Crippen LogP contribution in [0.5, 0.6) is 0 Å². The summed E-state index contributed by atoms with van der Waals surface area (Å²) >= 11 is 0. The van der Waals surface area contributed by atoms with Crippen LogP contribution in [0.3, 0.4) is 0 Å². The van der Waals surface area contributed by atoms with Gasteiger partial charge in [0.15, 0.2) is 0 Å². The predicted molar refractivity (Wildman–Crippen MR) is 72.3 cm³/mol. The fourth-order valence-corrected chi connectivity index (χ4v) is 2.21. The standard InChI is InChI=1S/C14H20N4/c1-4-13-12(10-18(3)17-13)14(15-2)9-11-7-5-6-8-16-11/h5-8,10,14-15H,4,9H2,1-3H3. The molecular formula is C14H20N4. The Kier molecular flexibility index (Phi) is 4.10. The van der Waals surface area contributed by atoms with Gasteiger partial charge in [0.1, 0.15) is 0 Å². The Hall–Kier alpha value is -1.68. The number of aromatic nitrogens is 3. The molecule has 0 amide bonds. The highest BCUT2D eigenvalue weighted by atomic mass is 15.3. The molecule has 2 aromatic rings. The molecule has 2 rings (SSSR count). The van der Waals surface area contributed by atoms with E-state index in [-0.39, 0.29) is 6.04 Å². The van der Waals surface area contributed by atoms with Crippen LogP contribution in [0, 0.1) is 0 Å². The van der Waals surface area contributed by atoms with Crippen molar-refractivity contribution in [2.75, 3.05) is 7.05 Å². The molecule has 2 aromatic heterocycles. The van der Waals surface area contributed by atoms with Crippen LogP contribution in [-0.4, -0.2) is 21.8 Å². The molecule has 0 saturated carbocycles. The number of nitrogens with one attached hydrogen (secondary N) is 1. The van der Waals surface area contributed by atoms with Crippen molar-refractivity contribution in [3.63, 3.8) is 0 Å². The Labute approximate surface area is 108 Å². The highest BCUT2D eigenvalue weighted by Crippen LogP contribution is 2.20. The van der Waals surface area contributed by atoms with Crippen molar-refractivity contribution in [2.24, 2.45) is 7.05 Å². The first-order valence-electron chi connectivity index (χ1n) is 6.34. The molecule has 0 aliphatic carbocycles. The molecule has 0 aromatic carbocycles. The molecule has 0 radical (unpaired) electrons. The molecule has 0 spiro atoms. The molecule has 1 atom stereocenters. The van der Waals surface area contributed by atoms with E-state index in [2.05, 4.69) is 34.6 Å². The van der Waals surface area contributed by atoms with Crippen LogP contribution in [0.2, 0.25) is 0 Å². The minimum absolute atomic E-state index is 0.267. The van der Waals surface area contributed by atoms with Gasteiger partial charge >= 0.3 is 0 Å². The first kappa shape index (κ1) is 12.8. The SMILES string of the molecule is CCc1nn(C)cc1C(Cc1ccccn1)NC. The van der Waals surface area contributed by atoms with Gasteiger partial charge in [0.25, 0.3) is 0 Å². The third-order valence-corrected chi connectivity index (χ3v) is 3.14. The van der Waals surface area contributed by atoms with E-state index in [0.717, 1.165) is 24.2 Å². The van der Waals surface area contributed by atoms with Gasteiger partial charge in [-0.15, -0.1) is 0 Å². The Morgan fingerprint density at radius 3 is 2.83 bits per heavy atom. The summed E-state index contributed by atoms with van der Waals surface area (Å²) in [6.07, 6.45) is 5.78. The number of rotatable bonds is 5. The second-order valence-corrected chi connectivity index (χ2v) is 4.42. The molecule has 1 unspecified atom stereocenters. The molecule has 4 nitrogen and oxygen atoms in total. The molecule has 96 valence electrons. The summed E-state index contributed by atoms with van der Waals surface area (Å²) in [5.74, 6) is 0. The third kappa shape index (κ3) is 2.76. The fourth-order valence-electron chi connectivity index (χ4n) is 2.21. The van der Waals surface area contributed by atoms with E-state index in [1.54, 1.807) is 0 Å². The molecular weight excluding hydrogens is 224 g/mol. The lowest BCUT2D eigenvalue weighted by Gasteiger charge is -2.15. The normalized spacial score (nSPS) is 12.6. The molecule has 0 aliphatic heterocycles. The first-order valence-corrected chi connectivity index (χ1v) is 6.34. The Morgan fingerprint density at radius 1 is 1.39 bits per heavy atom. The lowest BCUT2D eigenvalue weighted by Crippen LogP contribution is -2.20. The van der Waals surface area contributed by atoms with Crippen LogP contribution < -0.4 is 5.32 Å². The van der Waals surface area contributed by atoms with Crippen molar-refractivity contribution in [3.05, 3.63) is 47.5 Å². The molecule has 0 bridgehead atoms. The number of hydrogen-bond acceptors (Lipinski definition) is 3. The zero-order chi connectivity index (χ0) is 13.0. The largest absolute Gasteiger partial charge is 0.313 e. The van der Waals surface area contributed by atoms with E-state index in [1.165, 1.54) is 5.56 Å². The molecule has 0 fully saturated rings. The molecule has 18 heavy (non-hydrogen) atoms. The summed E-state index contributed by atoms with van der Waals surface area (Å²) in [6, 6.07) is 6.30. The van der Waals surface area contributed by atoms with E-state index < -0.39 is 0 Å². The van der Waals surface area contributed by atoms with Crippen LogP contribution >= 0.6 is 0 Å². The minimum Gasteiger partial charge on any atom is -0.313 e. The second kappa shape index (κ2) is 5.78. The molecule has 2 heterocycles. The third-order valence-electron chi connectivity index (χ3n) is 3.14. The van der Waals surface area contributed by atoms with Crippen molar-refractivity contribution in [1.29, 1.82) is 0 Å². The van der Waals surface area contributed by atoms with Crippen LogP contribution in [0.1, 0.15) is 29.9 Å². The number of pyridine rings is 1. The van der Waals surface area contributed by atoms with E-state index in [4.69, 9.17) is 0 Å². The van der Waals surface area contributed by atoms with Gasteiger partial charge in [0.05, 0.1) is 5.69 Å². The summed E-state index contributed by atoms with van der Waals surface area (Å²) < 4.78 is 1.89. The number of hydrogen-bond donors (Lipinski definition) is 1. The molecule has 0 saturated heterocycles. The number of aryl methyl sites for hydroxylation is 2. The van der Waals surface area contributed by atoms with E-state index in [0.29, 0.717) is 0 Å². The Morgan fingerprint density at radius 2 is 2.22 bits per heavy atom. The van der Waals surface area contributed by atoms with Crippen molar-refractivity contribution in [3.8, 4) is 0 Å². The zero-order valence-electron chi connectivity index (χ0n) is 11.2. The minimum atomic E-state index is 0.267. The van der Waals surface area contributed by atoms with Crippen molar-refractivity contribution in [1.82, 2.24) is 20.1 Å².